The van der Waals surface area contributed by atoms with Gasteiger partial charge in [0.05, 0.1) is 6.10 Å². The van der Waals surface area contributed by atoms with Crippen molar-refractivity contribution in [3.05, 3.63) is 12.2 Å². The summed E-state index contributed by atoms with van der Waals surface area (Å²) in [5.41, 5.74) is 1.46. The highest BCUT2D eigenvalue weighted by Crippen LogP contribution is 2.42. The molecule has 0 aromatic carbocycles. The normalized spacial score (nSPS) is 42.4. The van der Waals surface area contributed by atoms with Crippen LogP contribution in [0.3, 0.4) is 0 Å². The summed E-state index contributed by atoms with van der Waals surface area (Å²) in [6.07, 6.45) is 7.05. The van der Waals surface area contributed by atoms with Gasteiger partial charge in [0.1, 0.15) is 0 Å². The zero-order chi connectivity index (χ0) is 8.55. The molecule has 0 amide bonds. The highest BCUT2D eigenvalue weighted by molar-refractivity contribution is 5.07. The molecule has 0 saturated heterocycles. The fourth-order valence-corrected chi connectivity index (χ4v) is 2.87. The van der Waals surface area contributed by atoms with Crippen molar-refractivity contribution in [1.29, 1.82) is 0 Å². The van der Waals surface area contributed by atoms with E-state index in [-0.39, 0.29) is 6.10 Å². The van der Waals surface area contributed by atoms with Crippen molar-refractivity contribution in [2.45, 2.75) is 44.6 Å². The number of allylic oxidation sites excluding steroid dienone is 1. The molecule has 1 N–H and O–H groups in total. The Balaban J connectivity index is 2.04. The largest absolute Gasteiger partial charge is 0.393 e. The van der Waals surface area contributed by atoms with Crippen LogP contribution in [0.1, 0.15) is 38.5 Å². The molecule has 3 atom stereocenters. The monoisotopic (exact) mass is 166 g/mol. The maximum absolute atomic E-state index is 9.50. The first-order valence-electron chi connectivity index (χ1n) is 5.13. The second kappa shape index (κ2) is 3.21. The first-order valence-corrected chi connectivity index (χ1v) is 5.13. The van der Waals surface area contributed by atoms with Crippen LogP contribution in [0, 0.1) is 11.8 Å². The zero-order valence-corrected chi connectivity index (χ0v) is 7.63. The van der Waals surface area contributed by atoms with E-state index in [0.29, 0.717) is 0 Å². The van der Waals surface area contributed by atoms with Crippen molar-refractivity contribution in [1.82, 2.24) is 0 Å². The molecule has 0 aromatic rings. The standard InChI is InChI=1S/C11H18O/c1-8-3-2-4-9-7-10(12)5-6-11(8)9/h9-12H,1-7H2. The fourth-order valence-electron chi connectivity index (χ4n) is 2.87. The Labute approximate surface area is 74.5 Å². The van der Waals surface area contributed by atoms with E-state index < -0.39 is 0 Å². The molecular formula is C11H18O. The third-order valence-corrected chi connectivity index (χ3v) is 3.55. The van der Waals surface area contributed by atoms with Crippen molar-refractivity contribution >= 4 is 0 Å². The van der Waals surface area contributed by atoms with Crippen molar-refractivity contribution in [3.63, 3.8) is 0 Å². The molecule has 2 rings (SSSR count). The number of aliphatic hydroxyl groups excluding tert-OH is 1. The Bertz CT molecular complexity index is 185. The van der Waals surface area contributed by atoms with Gasteiger partial charge in [-0.15, -0.1) is 0 Å². The first kappa shape index (κ1) is 8.31. The number of hydrogen-bond acceptors (Lipinski definition) is 1. The summed E-state index contributed by atoms with van der Waals surface area (Å²) in [5, 5.41) is 9.50. The van der Waals surface area contributed by atoms with Crippen LogP contribution in [0.2, 0.25) is 0 Å². The van der Waals surface area contributed by atoms with Crippen LogP contribution in [0.5, 0.6) is 0 Å². The predicted molar refractivity (Wildman–Crippen MR) is 49.8 cm³/mol. The van der Waals surface area contributed by atoms with Crippen LogP contribution in [-0.2, 0) is 0 Å². The van der Waals surface area contributed by atoms with Crippen LogP contribution >= 0.6 is 0 Å². The van der Waals surface area contributed by atoms with Gasteiger partial charge in [-0.25, -0.2) is 0 Å². The van der Waals surface area contributed by atoms with Crippen LogP contribution in [0.15, 0.2) is 12.2 Å². The Hall–Kier alpha value is -0.300. The summed E-state index contributed by atoms with van der Waals surface area (Å²) in [6.45, 7) is 4.14. The SMILES string of the molecule is C=C1CCCC2CC(O)CCC12. The molecule has 0 bridgehead atoms. The summed E-state index contributed by atoms with van der Waals surface area (Å²) in [6, 6.07) is 0. The van der Waals surface area contributed by atoms with E-state index >= 15 is 0 Å². The minimum Gasteiger partial charge on any atom is -0.393 e. The highest BCUT2D eigenvalue weighted by atomic mass is 16.3. The van der Waals surface area contributed by atoms with E-state index in [4.69, 9.17) is 0 Å². The zero-order valence-electron chi connectivity index (χ0n) is 7.63. The van der Waals surface area contributed by atoms with Crippen molar-refractivity contribution < 1.29 is 5.11 Å². The van der Waals surface area contributed by atoms with E-state index in [1.54, 1.807) is 0 Å². The minimum absolute atomic E-state index is 0.0165. The minimum atomic E-state index is -0.0165. The van der Waals surface area contributed by atoms with E-state index in [2.05, 4.69) is 6.58 Å². The molecular weight excluding hydrogens is 148 g/mol. The molecule has 68 valence electrons. The molecule has 2 fully saturated rings. The van der Waals surface area contributed by atoms with Gasteiger partial charge in [0.2, 0.25) is 0 Å². The second-order valence-corrected chi connectivity index (χ2v) is 4.38. The van der Waals surface area contributed by atoms with Gasteiger partial charge in [-0.1, -0.05) is 12.2 Å². The van der Waals surface area contributed by atoms with Crippen LogP contribution in [0.25, 0.3) is 0 Å². The van der Waals surface area contributed by atoms with Gasteiger partial charge in [-0.3, -0.25) is 0 Å². The quantitative estimate of drug-likeness (QED) is 0.548. The summed E-state index contributed by atoms with van der Waals surface area (Å²) in [7, 11) is 0. The summed E-state index contributed by atoms with van der Waals surface area (Å²) in [4.78, 5) is 0. The van der Waals surface area contributed by atoms with Crippen LogP contribution in [-0.4, -0.2) is 11.2 Å². The first-order chi connectivity index (χ1) is 5.77. The van der Waals surface area contributed by atoms with Gasteiger partial charge in [-0.2, -0.15) is 0 Å². The maximum atomic E-state index is 9.50. The molecule has 1 nitrogen and oxygen atoms in total. The van der Waals surface area contributed by atoms with Gasteiger partial charge in [-0.05, 0) is 50.4 Å². The van der Waals surface area contributed by atoms with Gasteiger partial charge in [0.25, 0.3) is 0 Å². The second-order valence-electron chi connectivity index (χ2n) is 4.38. The lowest BCUT2D eigenvalue weighted by Crippen LogP contribution is -2.31. The van der Waals surface area contributed by atoms with Gasteiger partial charge < -0.3 is 5.11 Å². The number of rotatable bonds is 0. The predicted octanol–water partition coefficient (Wildman–Crippen LogP) is 2.50. The molecule has 0 aliphatic heterocycles. The number of fused-ring (bicyclic) bond motifs is 1. The smallest absolute Gasteiger partial charge is 0.0543 e. The van der Waals surface area contributed by atoms with E-state index in [9.17, 15) is 5.11 Å². The lowest BCUT2D eigenvalue weighted by atomic mass is 9.68. The highest BCUT2D eigenvalue weighted by Gasteiger charge is 2.33. The van der Waals surface area contributed by atoms with Crippen LogP contribution in [0.4, 0.5) is 0 Å². The van der Waals surface area contributed by atoms with Crippen molar-refractivity contribution in [2.24, 2.45) is 11.8 Å². The molecule has 12 heavy (non-hydrogen) atoms. The van der Waals surface area contributed by atoms with Gasteiger partial charge in [0, 0.05) is 0 Å². The molecule has 3 unspecified atom stereocenters. The Morgan fingerprint density at radius 3 is 2.92 bits per heavy atom. The topological polar surface area (TPSA) is 20.2 Å². The average molecular weight is 166 g/mol. The summed E-state index contributed by atoms with van der Waals surface area (Å²) in [5.74, 6) is 1.51. The molecule has 0 spiro atoms. The summed E-state index contributed by atoms with van der Waals surface area (Å²) >= 11 is 0. The molecule has 2 saturated carbocycles. The average Bonchev–Trinajstić information content (AvgIpc) is 2.04. The third-order valence-electron chi connectivity index (χ3n) is 3.55. The molecule has 0 heterocycles. The van der Waals surface area contributed by atoms with E-state index in [1.807, 2.05) is 0 Å². The van der Waals surface area contributed by atoms with Crippen LogP contribution < -0.4 is 0 Å². The molecule has 0 radical (unpaired) electrons. The number of aliphatic hydroxyl groups is 1. The number of hydrogen-bond donors (Lipinski definition) is 1. The van der Waals surface area contributed by atoms with E-state index in [1.165, 1.54) is 31.3 Å². The molecule has 2 aliphatic rings. The Morgan fingerprint density at radius 2 is 2.08 bits per heavy atom. The maximum Gasteiger partial charge on any atom is 0.0543 e. The Kier molecular flexibility index (Phi) is 2.22. The lowest BCUT2D eigenvalue weighted by Gasteiger charge is -2.39. The van der Waals surface area contributed by atoms with Gasteiger partial charge in [0.15, 0.2) is 0 Å². The summed E-state index contributed by atoms with van der Waals surface area (Å²) < 4.78 is 0. The third kappa shape index (κ3) is 1.42. The van der Waals surface area contributed by atoms with Crippen molar-refractivity contribution in [3.8, 4) is 0 Å². The van der Waals surface area contributed by atoms with E-state index in [0.717, 1.165) is 24.7 Å². The Morgan fingerprint density at radius 1 is 1.25 bits per heavy atom. The fraction of sp³-hybridized carbons (Fsp3) is 0.818. The van der Waals surface area contributed by atoms with Crippen molar-refractivity contribution in [2.75, 3.05) is 0 Å². The molecule has 2 aliphatic carbocycles. The molecule has 0 aromatic heterocycles. The lowest BCUT2D eigenvalue weighted by molar-refractivity contribution is 0.0673. The van der Waals surface area contributed by atoms with Gasteiger partial charge >= 0.3 is 0 Å². The molecule has 1 heteroatoms.